The second kappa shape index (κ2) is 6.38. The highest BCUT2D eigenvalue weighted by Crippen LogP contribution is 2.35. The van der Waals surface area contributed by atoms with E-state index in [2.05, 4.69) is 43.8 Å². The first-order chi connectivity index (χ1) is 10.7. The van der Waals surface area contributed by atoms with Crippen LogP contribution in [-0.4, -0.2) is 60.1 Å². The van der Waals surface area contributed by atoms with Gasteiger partial charge in [0.15, 0.2) is 0 Å². The molecule has 0 aromatic heterocycles. The fourth-order valence-electron chi connectivity index (χ4n) is 4.84. The standard InChI is InChI=1S/C16H28BrN5/c1-22-9-20-14-6-12-13(7-15(14)22)18-8-19-16(12)21-11-4-2-3-10(17)5-11/h9-16,18-19,21H,2-8H2,1H3. The maximum absolute atomic E-state index is 4.73. The van der Waals surface area contributed by atoms with Gasteiger partial charge in [0.2, 0.25) is 0 Å². The van der Waals surface area contributed by atoms with Crippen LogP contribution in [0.25, 0.3) is 0 Å². The second-order valence-corrected chi connectivity index (χ2v) is 8.79. The van der Waals surface area contributed by atoms with E-state index in [1.807, 2.05) is 6.34 Å². The Morgan fingerprint density at radius 2 is 2.14 bits per heavy atom. The van der Waals surface area contributed by atoms with Gasteiger partial charge >= 0.3 is 0 Å². The van der Waals surface area contributed by atoms with Crippen LogP contribution in [0.5, 0.6) is 0 Å². The minimum absolute atomic E-state index is 0.441. The lowest BCUT2D eigenvalue weighted by molar-refractivity contribution is 0.0879. The van der Waals surface area contributed by atoms with Gasteiger partial charge in [-0.3, -0.25) is 15.6 Å². The minimum atomic E-state index is 0.441. The van der Waals surface area contributed by atoms with Crippen molar-refractivity contribution in [3.8, 4) is 0 Å². The molecule has 2 aliphatic heterocycles. The minimum Gasteiger partial charge on any atom is -0.361 e. The Hall–Kier alpha value is -0.170. The monoisotopic (exact) mass is 369 g/mol. The summed E-state index contributed by atoms with van der Waals surface area (Å²) in [6.07, 6.45) is 10.1. The van der Waals surface area contributed by atoms with Gasteiger partial charge in [0.1, 0.15) is 0 Å². The molecule has 0 aromatic carbocycles. The first kappa shape index (κ1) is 15.4. The molecule has 7 unspecified atom stereocenters. The average molecular weight is 370 g/mol. The van der Waals surface area contributed by atoms with Crippen molar-refractivity contribution in [2.75, 3.05) is 13.7 Å². The van der Waals surface area contributed by atoms with Crippen LogP contribution in [0.15, 0.2) is 4.99 Å². The Morgan fingerprint density at radius 3 is 3.00 bits per heavy atom. The summed E-state index contributed by atoms with van der Waals surface area (Å²) in [5.74, 6) is 0.648. The van der Waals surface area contributed by atoms with E-state index < -0.39 is 0 Å². The van der Waals surface area contributed by atoms with Crippen LogP contribution in [0.2, 0.25) is 0 Å². The van der Waals surface area contributed by atoms with Crippen LogP contribution in [0.4, 0.5) is 0 Å². The summed E-state index contributed by atoms with van der Waals surface area (Å²) in [5, 5.41) is 11.3. The predicted octanol–water partition coefficient (Wildman–Crippen LogP) is 1.25. The van der Waals surface area contributed by atoms with Gasteiger partial charge in [-0.25, -0.2) is 0 Å². The molecule has 4 rings (SSSR count). The number of rotatable bonds is 2. The molecule has 0 spiro atoms. The predicted molar refractivity (Wildman–Crippen MR) is 93.4 cm³/mol. The molecule has 4 aliphatic rings. The first-order valence-corrected chi connectivity index (χ1v) is 9.74. The third kappa shape index (κ3) is 2.95. The van der Waals surface area contributed by atoms with Crippen molar-refractivity contribution in [3.05, 3.63) is 0 Å². The van der Waals surface area contributed by atoms with Gasteiger partial charge in [-0.2, -0.15) is 0 Å². The molecule has 0 bridgehead atoms. The van der Waals surface area contributed by atoms with Crippen molar-refractivity contribution >= 4 is 22.3 Å². The number of halogens is 1. The molecule has 22 heavy (non-hydrogen) atoms. The topological polar surface area (TPSA) is 51.7 Å². The molecule has 7 atom stereocenters. The van der Waals surface area contributed by atoms with Crippen molar-refractivity contribution in [1.29, 1.82) is 0 Å². The summed E-state index contributed by atoms with van der Waals surface area (Å²) in [7, 11) is 2.17. The van der Waals surface area contributed by atoms with Gasteiger partial charge in [-0.1, -0.05) is 22.4 Å². The van der Waals surface area contributed by atoms with Crippen molar-refractivity contribution in [2.24, 2.45) is 10.9 Å². The van der Waals surface area contributed by atoms with Gasteiger partial charge in [-0.15, -0.1) is 0 Å². The Bertz CT molecular complexity index is 431. The van der Waals surface area contributed by atoms with Gasteiger partial charge in [0.25, 0.3) is 0 Å². The van der Waals surface area contributed by atoms with Crippen molar-refractivity contribution in [2.45, 2.75) is 73.7 Å². The van der Waals surface area contributed by atoms with E-state index in [1.54, 1.807) is 0 Å². The lowest BCUT2D eigenvalue weighted by Crippen LogP contribution is -2.67. The summed E-state index contributed by atoms with van der Waals surface area (Å²) < 4.78 is 0. The molecule has 0 radical (unpaired) electrons. The highest BCUT2D eigenvalue weighted by Gasteiger charge is 2.45. The highest BCUT2D eigenvalue weighted by molar-refractivity contribution is 9.09. The molecule has 3 fully saturated rings. The number of likely N-dealkylation sites (N-methyl/N-ethyl adjacent to an activating group) is 1. The smallest absolute Gasteiger partial charge is 0.0854 e. The fourth-order valence-corrected chi connectivity index (χ4v) is 5.61. The van der Waals surface area contributed by atoms with E-state index in [-0.39, 0.29) is 0 Å². The molecular weight excluding hydrogens is 342 g/mol. The number of nitrogens with zero attached hydrogens (tertiary/aromatic N) is 2. The van der Waals surface area contributed by atoms with Crippen LogP contribution in [-0.2, 0) is 0 Å². The summed E-state index contributed by atoms with van der Waals surface area (Å²) in [6.45, 7) is 0.922. The van der Waals surface area contributed by atoms with E-state index in [0.717, 1.165) is 6.67 Å². The van der Waals surface area contributed by atoms with E-state index in [0.29, 0.717) is 41.1 Å². The molecule has 3 N–H and O–H groups in total. The van der Waals surface area contributed by atoms with Gasteiger partial charge in [0, 0.05) is 36.5 Å². The number of nitrogens with one attached hydrogen (secondary N) is 3. The highest BCUT2D eigenvalue weighted by atomic mass is 79.9. The second-order valence-electron chi connectivity index (χ2n) is 7.50. The van der Waals surface area contributed by atoms with Gasteiger partial charge in [-0.05, 0) is 32.1 Å². The molecule has 124 valence electrons. The molecule has 0 aromatic rings. The Morgan fingerprint density at radius 1 is 1.23 bits per heavy atom. The quantitative estimate of drug-likeness (QED) is 0.641. The summed E-state index contributed by atoms with van der Waals surface area (Å²) >= 11 is 3.81. The number of hydrogen-bond donors (Lipinski definition) is 3. The van der Waals surface area contributed by atoms with Crippen LogP contribution in [0.1, 0.15) is 38.5 Å². The zero-order chi connectivity index (χ0) is 15.1. The molecule has 2 saturated carbocycles. The molecule has 2 heterocycles. The van der Waals surface area contributed by atoms with Crippen molar-refractivity contribution in [1.82, 2.24) is 20.9 Å². The number of aliphatic imine (C=N–C) groups is 1. The number of alkyl halides is 1. The van der Waals surface area contributed by atoms with Crippen LogP contribution < -0.4 is 16.0 Å². The molecule has 1 saturated heterocycles. The zero-order valence-electron chi connectivity index (χ0n) is 13.3. The third-order valence-corrected chi connectivity index (χ3v) is 6.90. The number of fused-ring (bicyclic) bond motifs is 2. The van der Waals surface area contributed by atoms with E-state index in [9.17, 15) is 0 Å². The van der Waals surface area contributed by atoms with Crippen molar-refractivity contribution < 1.29 is 0 Å². The average Bonchev–Trinajstić information content (AvgIpc) is 2.87. The van der Waals surface area contributed by atoms with E-state index in [4.69, 9.17) is 4.99 Å². The zero-order valence-corrected chi connectivity index (χ0v) is 14.9. The SMILES string of the molecule is CN1C=NC2CC3C(CC21)NCNC3NC1CCCC(Br)C1. The summed E-state index contributed by atoms with van der Waals surface area (Å²) in [5.41, 5.74) is 0. The van der Waals surface area contributed by atoms with Gasteiger partial charge in [0.05, 0.1) is 24.6 Å². The normalized spacial score (nSPS) is 48.1. The molecular formula is C16H28BrN5. The van der Waals surface area contributed by atoms with Crippen LogP contribution >= 0.6 is 15.9 Å². The third-order valence-electron chi connectivity index (χ3n) is 6.07. The Kier molecular flexibility index (Phi) is 4.46. The lowest BCUT2D eigenvalue weighted by atomic mass is 9.76. The fraction of sp³-hybridized carbons (Fsp3) is 0.938. The number of hydrogen-bond acceptors (Lipinski definition) is 5. The van der Waals surface area contributed by atoms with E-state index >= 15 is 0 Å². The summed E-state index contributed by atoms with van der Waals surface area (Å²) in [6, 6.07) is 2.37. The van der Waals surface area contributed by atoms with Crippen molar-refractivity contribution in [3.63, 3.8) is 0 Å². The van der Waals surface area contributed by atoms with Gasteiger partial charge < -0.3 is 10.2 Å². The Labute approximate surface area is 141 Å². The van der Waals surface area contributed by atoms with Crippen LogP contribution in [0, 0.1) is 5.92 Å². The molecule has 0 amide bonds. The first-order valence-electron chi connectivity index (χ1n) is 8.83. The molecule has 5 nitrogen and oxygen atoms in total. The largest absolute Gasteiger partial charge is 0.361 e. The maximum Gasteiger partial charge on any atom is 0.0854 e. The van der Waals surface area contributed by atoms with Crippen LogP contribution in [0.3, 0.4) is 0 Å². The molecule has 2 aliphatic carbocycles. The van der Waals surface area contributed by atoms with E-state index in [1.165, 1.54) is 38.5 Å². The molecule has 6 heteroatoms. The summed E-state index contributed by atoms with van der Waals surface area (Å²) in [4.78, 5) is 7.74. The Balaban J connectivity index is 1.41. The maximum atomic E-state index is 4.73. The lowest BCUT2D eigenvalue weighted by Gasteiger charge is -2.48.